The second-order valence-electron chi connectivity index (χ2n) is 7.01. The molecule has 9 heteroatoms. The molecule has 1 N–H and O–H groups in total. The predicted molar refractivity (Wildman–Crippen MR) is 94.3 cm³/mol. The Hall–Kier alpha value is -1.84. The average Bonchev–Trinajstić information content (AvgIpc) is 3.01. The van der Waals surface area contributed by atoms with Crippen molar-refractivity contribution in [1.82, 2.24) is 25.3 Å². The van der Waals surface area contributed by atoms with E-state index in [1.807, 2.05) is 10.3 Å². The van der Waals surface area contributed by atoms with Crippen LogP contribution in [0.5, 0.6) is 0 Å². The standard InChI is InChI=1S/C17H23N5O3S/c1-12-20-14(25-21-12)10-24-11-16(23)22(9-15-19-6-7-26-15)13-8-17(13)2-4-18-5-3-17/h6-7,13,18H,2-5,8-11H2,1H3. The summed E-state index contributed by atoms with van der Waals surface area (Å²) in [5, 5.41) is 10.0. The number of nitrogens with one attached hydrogen (secondary N) is 1. The summed E-state index contributed by atoms with van der Waals surface area (Å²) in [6, 6.07) is 0.287. The fourth-order valence-corrected chi connectivity index (χ4v) is 4.40. The van der Waals surface area contributed by atoms with Gasteiger partial charge in [-0.2, -0.15) is 4.98 Å². The monoisotopic (exact) mass is 377 g/mol. The van der Waals surface area contributed by atoms with Gasteiger partial charge in [0.1, 0.15) is 18.2 Å². The van der Waals surface area contributed by atoms with Crippen LogP contribution in [0.25, 0.3) is 0 Å². The van der Waals surface area contributed by atoms with Gasteiger partial charge in [0.2, 0.25) is 5.91 Å². The maximum Gasteiger partial charge on any atom is 0.252 e. The number of carbonyl (C=O) groups excluding carboxylic acids is 1. The first kappa shape index (κ1) is 17.6. The molecule has 1 aliphatic heterocycles. The molecule has 1 unspecified atom stereocenters. The first-order valence-electron chi connectivity index (χ1n) is 8.92. The van der Waals surface area contributed by atoms with Gasteiger partial charge >= 0.3 is 0 Å². The fourth-order valence-electron chi connectivity index (χ4n) is 3.79. The van der Waals surface area contributed by atoms with Gasteiger partial charge in [0.15, 0.2) is 5.82 Å². The zero-order valence-corrected chi connectivity index (χ0v) is 15.6. The molecule has 2 aromatic rings. The van der Waals surface area contributed by atoms with Crippen LogP contribution in [-0.4, -0.2) is 51.7 Å². The highest BCUT2D eigenvalue weighted by Crippen LogP contribution is 2.56. The fraction of sp³-hybridized carbons (Fsp3) is 0.647. The Bertz CT molecular complexity index is 741. The van der Waals surface area contributed by atoms with Crippen molar-refractivity contribution in [3.05, 3.63) is 28.3 Å². The number of hydrogen-bond donors (Lipinski definition) is 1. The molecule has 0 aromatic carbocycles. The molecule has 8 nitrogen and oxygen atoms in total. The number of rotatable bonds is 7. The highest BCUT2D eigenvalue weighted by atomic mass is 32.1. The number of aryl methyl sites for hydroxylation is 1. The van der Waals surface area contributed by atoms with Crippen LogP contribution in [0.2, 0.25) is 0 Å². The van der Waals surface area contributed by atoms with Crippen molar-refractivity contribution in [3.8, 4) is 0 Å². The van der Waals surface area contributed by atoms with E-state index < -0.39 is 0 Å². The number of hydrogen-bond acceptors (Lipinski definition) is 8. The van der Waals surface area contributed by atoms with Crippen molar-refractivity contribution in [1.29, 1.82) is 0 Å². The third kappa shape index (κ3) is 3.79. The predicted octanol–water partition coefficient (Wildman–Crippen LogP) is 1.52. The van der Waals surface area contributed by atoms with Crippen molar-refractivity contribution < 1.29 is 14.1 Å². The third-order valence-corrected chi connectivity index (χ3v) is 6.02. The maximum absolute atomic E-state index is 12.9. The summed E-state index contributed by atoms with van der Waals surface area (Å²) in [4.78, 5) is 23.3. The van der Waals surface area contributed by atoms with Crippen molar-refractivity contribution in [3.63, 3.8) is 0 Å². The molecule has 1 spiro atoms. The number of amides is 1. The lowest BCUT2D eigenvalue weighted by Gasteiger charge is -2.29. The van der Waals surface area contributed by atoms with E-state index in [1.165, 1.54) is 0 Å². The van der Waals surface area contributed by atoms with E-state index in [9.17, 15) is 4.79 Å². The average molecular weight is 377 g/mol. The summed E-state index contributed by atoms with van der Waals surface area (Å²) >= 11 is 1.58. The van der Waals surface area contributed by atoms with Crippen LogP contribution in [0.3, 0.4) is 0 Å². The van der Waals surface area contributed by atoms with Gasteiger partial charge < -0.3 is 19.5 Å². The molecule has 4 rings (SSSR count). The van der Waals surface area contributed by atoms with E-state index in [2.05, 4.69) is 20.4 Å². The summed E-state index contributed by atoms with van der Waals surface area (Å²) in [6.07, 6.45) is 5.11. The number of piperidine rings is 1. The van der Waals surface area contributed by atoms with E-state index in [-0.39, 0.29) is 30.6 Å². The molecule has 140 valence electrons. The second kappa shape index (κ2) is 7.42. The number of ether oxygens (including phenoxy) is 1. The lowest BCUT2D eigenvalue weighted by molar-refractivity contribution is -0.138. The van der Waals surface area contributed by atoms with E-state index in [0.717, 1.165) is 37.4 Å². The topological polar surface area (TPSA) is 93.4 Å². The minimum Gasteiger partial charge on any atom is -0.362 e. The van der Waals surface area contributed by atoms with Gasteiger partial charge in [0.25, 0.3) is 5.89 Å². The van der Waals surface area contributed by atoms with E-state index in [4.69, 9.17) is 9.26 Å². The number of aromatic nitrogens is 3. The maximum atomic E-state index is 12.9. The van der Waals surface area contributed by atoms with Crippen molar-refractivity contribution in [2.45, 2.75) is 45.4 Å². The Balaban J connectivity index is 1.38. The van der Waals surface area contributed by atoms with E-state index in [0.29, 0.717) is 18.3 Å². The van der Waals surface area contributed by atoms with Crippen LogP contribution in [0.15, 0.2) is 16.1 Å². The highest BCUT2D eigenvalue weighted by Gasteiger charge is 2.57. The Morgan fingerprint density at radius 2 is 2.35 bits per heavy atom. The molecule has 1 aliphatic carbocycles. The van der Waals surface area contributed by atoms with Crippen LogP contribution in [-0.2, 0) is 22.7 Å². The third-order valence-electron chi connectivity index (χ3n) is 5.25. The van der Waals surface area contributed by atoms with Crippen molar-refractivity contribution in [2.75, 3.05) is 19.7 Å². The van der Waals surface area contributed by atoms with Gasteiger partial charge in [-0.3, -0.25) is 4.79 Å². The number of nitrogens with zero attached hydrogens (tertiary/aromatic N) is 4. The van der Waals surface area contributed by atoms with Crippen LogP contribution in [0, 0.1) is 12.3 Å². The van der Waals surface area contributed by atoms with Crippen LogP contribution >= 0.6 is 11.3 Å². The highest BCUT2D eigenvalue weighted by molar-refractivity contribution is 7.09. The minimum absolute atomic E-state index is 0.00292. The Kier molecular flexibility index (Phi) is 5.01. The quantitative estimate of drug-likeness (QED) is 0.782. The summed E-state index contributed by atoms with van der Waals surface area (Å²) in [6.45, 7) is 4.53. The molecule has 3 heterocycles. The smallest absolute Gasteiger partial charge is 0.252 e. The van der Waals surface area contributed by atoms with Crippen molar-refractivity contribution >= 4 is 17.2 Å². The lowest BCUT2D eigenvalue weighted by Crippen LogP contribution is -2.40. The molecule has 2 fully saturated rings. The van der Waals surface area contributed by atoms with Gasteiger partial charge in [-0.1, -0.05) is 5.16 Å². The van der Waals surface area contributed by atoms with Crippen LogP contribution in [0.4, 0.5) is 0 Å². The molecule has 2 aliphatic rings. The van der Waals surface area contributed by atoms with E-state index >= 15 is 0 Å². The minimum atomic E-state index is -0.00292. The number of thiazole rings is 1. The van der Waals surface area contributed by atoms with Crippen LogP contribution in [0.1, 0.15) is 36.0 Å². The summed E-state index contributed by atoms with van der Waals surface area (Å²) in [5.41, 5.74) is 0.280. The SMILES string of the molecule is Cc1noc(COCC(=O)N(Cc2nccs2)C2CC23CCNCC3)n1. The largest absolute Gasteiger partial charge is 0.362 e. The normalized spacial score (nSPS) is 21.0. The van der Waals surface area contributed by atoms with Gasteiger partial charge in [0, 0.05) is 17.6 Å². The molecule has 1 saturated heterocycles. The second-order valence-corrected chi connectivity index (χ2v) is 7.99. The summed E-state index contributed by atoms with van der Waals surface area (Å²) < 4.78 is 10.5. The Morgan fingerprint density at radius 1 is 1.50 bits per heavy atom. The van der Waals surface area contributed by atoms with E-state index in [1.54, 1.807) is 24.5 Å². The molecule has 26 heavy (non-hydrogen) atoms. The first-order chi connectivity index (χ1) is 12.7. The summed E-state index contributed by atoms with van der Waals surface area (Å²) in [5.74, 6) is 0.950. The molecule has 0 bridgehead atoms. The molecule has 1 amide bonds. The lowest BCUT2D eigenvalue weighted by atomic mass is 9.93. The van der Waals surface area contributed by atoms with Gasteiger partial charge in [-0.25, -0.2) is 4.98 Å². The van der Waals surface area contributed by atoms with Gasteiger partial charge in [0.05, 0.1) is 6.54 Å². The van der Waals surface area contributed by atoms with Gasteiger partial charge in [-0.15, -0.1) is 11.3 Å². The molecule has 2 aromatic heterocycles. The first-order valence-corrected chi connectivity index (χ1v) is 9.80. The zero-order valence-electron chi connectivity index (χ0n) is 14.8. The molecule has 0 radical (unpaired) electrons. The Morgan fingerprint density at radius 3 is 3.04 bits per heavy atom. The van der Waals surface area contributed by atoms with Crippen LogP contribution < -0.4 is 5.32 Å². The zero-order chi connectivity index (χ0) is 18.0. The molecular formula is C17H23N5O3S. The van der Waals surface area contributed by atoms with Gasteiger partial charge in [-0.05, 0) is 44.7 Å². The molecule has 1 atom stereocenters. The molecular weight excluding hydrogens is 354 g/mol. The Labute approximate surface area is 155 Å². The summed E-state index contributed by atoms with van der Waals surface area (Å²) in [7, 11) is 0. The molecule has 1 saturated carbocycles. The van der Waals surface area contributed by atoms with Crippen molar-refractivity contribution in [2.24, 2.45) is 5.41 Å². The number of carbonyl (C=O) groups is 1.